The van der Waals surface area contributed by atoms with Gasteiger partial charge in [0.25, 0.3) is 0 Å². The number of halogens is 1. The monoisotopic (exact) mass is 415 g/mol. The summed E-state index contributed by atoms with van der Waals surface area (Å²) in [5, 5.41) is 1.02. The third-order valence-electron chi connectivity index (χ3n) is 5.85. The highest BCUT2D eigenvalue weighted by atomic mass is 32.2. The summed E-state index contributed by atoms with van der Waals surface area (Å²) >= 11 is 0. The van der Waals surface area contributed by atoms with Gasteiger partial charge >= 0.3 is 0 Å². The van der Waals surface area contributed by atoms with Gasteiger partial charge in [0.2, 0.25) is 0 Å². The molecular formula is C21H26FN5OS. The summed E-state index contributed by atoms with van der Waals surface area (Å²) in [7, 11) is -0.648. The molecule has 0 radical (unpaired) electrons. The molecule has 0 bridgehead atoms. The fraction of sp³-hybridized carbons (Fsp3) is 0.429. The first-order valence-corrected chi connectivity index (χ1v) is 11.8. The number of nitrogens with zero attached hydrogens (tertiary/aromatic N) is 3. The lowest BCUT2D eigenvalue weighted by atomic mass is 9.86. The van der Waals surface area contributed by atoms with Crippen molar-refractivity contribution in [1.82, 2.24) is 15.0 Å². The van der Waals surface area contributed by atoms with Crippen LogP contribution in [0, 0.1) is 16.5 Å². The van der Waals surface area contributed by atoms with Gasteiger partial charge in [-0.05, 0) is 55.4 Å². The van der Waals surface area contributed by atoms with Crippen LogP contribution in [-0.2, 0) is 15.5 Å². The minimum Gasteiger partial charge on any atom is -0.356 e. The molecule has 0 saturated heterocycles. The van der Waals surface area contributed by atoms with E-state index in [-0.39, 0.29) is 11.6 Å². The van der Waals surface area contributed by atoms with Crippen LogP contribution in [0.25, 0.3) is 11.0 Å². The van der Waals surface area contributed by atoms with Gasteiger partial charge in [-0.1, -0.05) is 12.1 Å². The molecule has 1 aliphatic carbocycles. The lowest BCUT2D eigenvalue weighted by Gasteiger charge is -2.35. The molecule has 1 unspecified atom stereocenters. The highest BCUT2D eigenvalue weighted by Crippen LogP contribution is 2.32. The number of rotatable bonds is 6. The molecule has 2 heterocycles. The summed E-state index contributed by atoms with van der Waals surface area (Å²) in [6, 6.07) is 8.34. The average Bonchev–Trinajstić information content (AvgIpc) is 3.18. The van der Waals surface area contributed by atoms with Crippen molar-refractivity contribution < 1.29 is 8.60 Å². The Balaban J connectivity index is 1.35. The van der Waals surface area contributed by atoms with Crippen LogP contribution >= 0.6 is 0 Å². The summed E-state index contributed by atoms with van der Waals surface area (Å²) in [6.45, 7) is 0. The second-order valence-electron chi connectivity index (χ2n) is 7.97. The van der Waals surface area contributed by atoms with Gasteiger partial charge in [-0.3, -0.25) is 4.78 Å². The fourth-order valence-corrected chi connectivity index (χ4v) is 6.24. The molecule has 0 amide bonds. The topological polar surface area (TPSA) is 85.7 Å². The molecule has 3 aromatic rings. The molecule has 1 saturated carbocycles. The van der Waals surface area contributed by atoms with Crippen molar-refractivity contribution in [3.8, 4) is 0 Å². The van der Waals surface area contributed by atoms with E-state index in [0.717, 1.165) is 48.1 Å². The van der Waals surface area contributed by atoms with E-state index in [1.165, 1.54) is 12.1 Å². The standard InChI is InChI=1S/C21H26FN5OS/c1-27(21-19-10-11-24-20(19)25-14-26-21)18-8-4-16(5-9-18)13-29(23,28)12-15-2-6-17(22)7-3-15/h2-3,6-7,10-11,14,16,18,23H,4-5,8-9,12-13H2,1H3,(H,24,25,26)/t16-,18-,29?. The normalized spacial score (nSPS) is 21.7. The van der Waals surface area contributed by atoms with Crippen molar-refractivity contribution in [3.05, 3.63) is 54.2 Å². The summed E-state index contributed by atoms with van der Waals surface area (Å²) in [6.07, 6.45) is 7.35. The molecular weight excluding hydrogens is 389 g/mol. The van der Waals surface area contributed by atoms with E-state index in [0.29, 0.717) is 17.7 Å². The zero-order valence-electron chi connectivity index (χ0n) is 16.5. The van der Waals surface area contributed by atoms with Crippen molar-refractivity contribution in [2.75, 3.05) is 17.7 Å². The molecule has 4 rings (SSSR count). The highest BCUT2D eigenvalue weighted by molar-refractivity contribution is 7.91. The molecule has 154 valence electrons. The molecule has 1 aliphatic rings. The molecule has 8 heteroatoms. The number of hydrogen-bond donors (Lipinski definition) is 2. The Morgan fingerprint density at radius 2 is 1.90 bits per heavy atom. The molecule has 0 spiro atoms. The van der Waals surface area contributed by atoms with E-state index < -0.39 is 9.73 Å². The first-order chi connectivity index (χ1) is 13.9. The number of benzene rings is 1. The zero-order chi connectivity index (χ0) is 20.4. The van der Waals surface area contributed by atoms with Crippen LogP contribution in [0.5, 0.6) is 0 Å². The number of aromatic nitrogens is 3. The van der Waals surface area contributed by atoms with Gasteiger partial charge in [-0.25, -0.2) is 18.6 Å². The number of aromatic amines is 1. The van der Waals surface area contributed by atoms with Crippen LogP contribution in [0.3, 0.4) is 0 Å². The highest BCUT2D eigenvalue weighted by Gasteiger charge is 2.27. The molecule has 1 atom stereocenters. The third-order valence-corrected chi connectivity index (χ3v) is 7.66. The van der Waals surface area contributed by atoms with Gasteiger partial charge in [0.1, 0.15) is 23.6 Å². The van der Waals surface area contributed by atoms with Gasteiger partial charge in [-0.2, -0.15) is 0 Å². The van der Waals surface area contributed by atoms with E-state index in [1.807, 2.05) is 12.3 Å². The van der Waals surface area contributed by atoms with Gasteiger partial charge in [0.15, 0.2) is 0 Å². The van der Waals surface area contributed by atoms with Crippen LogP contribution in [0.15, 0.2) is 42.9 Å². The Labute approximate surface area is 170 Å². The van der Waals surface area contributed by atoms with Gasteiger partial charge < -0.3 is 9.88 Å². The van der Waals surface area contributed by atoms with Gasteiger partial charge in [0.05, 0.1) is 11.1 Å². The molecule has 1 fully saturated rings. The Morgan fingerprint density at radius 3 is 2.62 bits per heavy atom. The smallest absolute Gasteiger partial charge is 0.142 e. The van der Waals surface area contributed by atoms with Crippen molar-refractivity contribution in [2.45, 2.75) is 37.5 Å². The largest absolute Gasteiger partial charge is 0.356 e. The van der Waals surface area contributed by atoms with E-state index in [9.17, 15) is 8.60 Å². The van der Waals surface area contributed by atoms with Gasteiger partial charge in [-0.15, -0.1) is 0 Å². The summed E-state index contributed by atoms with van der Waals surface area (Å²) in [5.74, 6) is 1.52. The van der Waals surface area contributed by atoms with Crippen LogP contribution in [0.4, 0.5) is 10.2 Å². The average molecular weight is 416 g/mol. The molecule has 2 N–H and O–H groups in total. The summed E-state index contributed by atoms with van der Waals surface area (Å²) < 4.78 is 34.2. The lowest BCUT2D eigenvalue weighted by Crippen LogP contribution is -2.37. The van der Waals surface area contributed by atoms with Crippen molar-refractivity contribution in [1.29, 1.82) is 4.78 Å². The molecule has 2 aromatic heterocycles. The third kappa shape index (κ3) is 4.58. The first kappa shape index (κ1) is 19.8. The maximum atomic E-state index is 13.1. The molecule has 6 nitrogen and oxygen atoms in total. The SMILES string of the molecule is CN(c1ncnc2[nH]ccc12)[C@H]1CC[C@H](CS(=N)(=O)Cc2ccc(F)cc2)CC1. The Kier molecular flexibility index (Phi) is 5.54. The number of nitrogens with one attached hydrogen (secondary N) is 2. The second kappa shape index (κ2) is 8.10. The van der Waals surface area contributed by atoms with Crippen LogP contribution < -0.4 is 4.90 Å². The van der Waals surface area contributed by atoms with Crippen molar-refractivity contribution in [3.63, 3.8) is 0 Å². The Bertz CT molecular complexity index is 1070. The zero-order valence-corrected chi connectivity index (χ0v) is 17.3. The number of anilines is 1. The van der Waals surface area contributed by atoms with Crippen LogP contribution in [0.2, 0.25) is 0 Å². The van der Waals surface area contributed by atoms with E-state index >= 15 is 0 Å². The fourth-order valence-electron chi connectivity index (χ4n) is 4.30. The lowest BCUT2D eigenvalue weighted by molar-refractivity contribution is 0.342. The van der Waals surface area contributed by atoms with E-state index in [1.54, 1.807) is 18.5 Å². The quantitative estimate of drug-likeness (QED) is 0.627. The number of hydrogen-bond acceptors (Lipinski definition) is 5. The summed E-state index contributed by atoms with van der Waals surface area (Å²) in [4.78, 5) is 14.1. The predicted molar refractivity (Wildman–Crippen MR) is 114 cm³/mol. The maximum absolute atomic E-state index is 13.1. The van der Waals surface area contributed by atoms with Crippen LogP contribution in [-0.4, -0.2) is 38.0 Å². The van der Waals surface area contributed by atoms with Gasteiger partial charge in [0, 0.05) is 34.8 Å². The minimum atomic E-state index is -2.72. The number of fused-ring (bicyclic) bond motifs is 1. The predicted octanol–water partition coefficient (Wildman–Crippen LogP) is 4.34. The van der Waals surface area contributed by atoms with Crippen molar-refractivity contribution in [2.24, 2.45) is 5.92 Å². The number of H-pyrrole nitrogens is 1. The second-order valence-corrected chi connectivity index (χ2v) is 10.2. The molecule has 1 aromatic carbocycles. The van der Waals surface area contributed by atoms with E-state index in [4.69, 9.17) is 4.78 Å². The first-order valence-electron chi connectivity index (χ1n) is 9.91. The summed E-state index contributed by atoms with van der Waals surface area (Å²) in [5.41, 5.74) is 1.60. The molecule has 0 aliphatic heterocycles. The van der Waals surface area contributed by atoms with Crippen molar-refractivity contribution >= 4 is 26.6 Å². The molecule has 29 heavy (non-hydrogen) atoms. The van der Waals surface area contributed by atoms with E-state index in [2.05, 4.69) is 26.9 Å². The minimum absolute atomic E-state index is 0.194. The Hall–Kier alpha value is -2.48. The Morgan fingerprint density at radius 1 is 1.17 bits per heavy atom. The maximum Gasteiger partial charge on any atom is 0.142 e. The van der Waals surface area contributed by atoms with Crippen LogP contribution in [0.1, 0.15) is 31.2 Å².